The van der Waals surface area contributed by atoms with Crippen molar-refractivity contribution in [3.8, 4) is 0 Å². The second-order valence-electron chi connectivity index (χ2n) is 4.73. The number of amides is 1. The smallest absolute Gasteiger partial charge is 0.236 e. The summed E-state index contributed by atoms with van der Waals surface area (Å²) >= 11 is 1.14. The fraction of sp³-hybridized carbons (Fsp3) is 0.308. The lowest BCUT2D eigenvalue weighted by atomic mass is 9.84. The van der Waals surface area contributed by atoms with Gasteiger partial charge in [0.1, 0.15) is 11.6 Å². The Hall–Kier alpha value is -1.82. The van der Waals surface area contributed by atoms with Crippen molar-refractivity contribution in [2.75, 3.05) is 5.32 Å². The van der Waals surface area contributed by atoms with Crippen LogP contribution in [-0.4, -0.2) is 15.3 Å². The van der Waals surface area contributed by atoms with Gasteiger partial charge in [0.15, 0.2) is 0 Å². The zero-order chi connectivity index (χ0) is 14.0. The van der Waals surface area contributed by atoms with Gasteiger partial charge >= 0.3 is 0 Å². The molecule has 0 saturated carbocycles. The molecule has 6 heteroatoms. The van der Waals surface area contributed by atoms with Gasteiger partial charge in [0.25, 0.3) is 0 Å². The minimum absolute atomic E-state index is 0.199. The summed E-state index contributed by atoms with van der Waals surface area (Å²) in [5.41, 5.74) is -0.0274. The number of nitrogens with one attached hydrogen (secondary N) is 1. The number of aromatic nitrogens is 2. The first kappa shape index (κ1) is 13.6. The Morgan fingerprint density at radius 3 is 2.47 bits per heavy atom. The largest absolute Gasteiger partial charge is 0.300 e. The van der Waals surface area contributed by atoms with Crippen molar-refractivity contribution in [1.82, 2.24) is 9.36 Å². The summed E-state index contributed by atoms with van der Waals surface area (Å²) in [6, 6.07) is 5.92. The van der Waals surface area contributed by atoms with E-state index in [4.69, 9.17) is 0 Å². The molecule has 0 aliphatic carbocycles. The van der Waals surface area contributed by atoms with Crippen molar-refractivity contribution in [3.05, 3.63) is 41.5 Å². The van der Waals surface area contributed by atoms with Gasteiger partial charge in [-0.3, -0.25) is 10.1 Å². The van der Waals surface area contributed by atoms with E-state index in [0.29, 0.717) is 11.0 Å². The number of anilines is 1. The molecule has 0 spiro atoms. The third-order valence-electron chi connectivity index (χ3n) is 2.88. The summed E-state index contributed by atoms with van der Waals surface area (Å²) in [7, 11) is 0. The average molecular weight is 279 g/mol. The summed E-state index contributed by atoms with van der Waals surface area (Å²) in [5, 5.41) is 3.20. The van der Waals surface area contributed by atoms with Crippen LogP contribution in [0.2, 0.25) is 0 Å². The SMILES string of the molecule is Cc1nsc(NC(=O)C(C)(C)c2ccc(F)cc2)n1. The zero-order valence-corrected chi connectivity index (χ0v) is 11.7. The molecule has 0 atom stereocenters. The molecule has 0 unspecified atom stereocenters. The van der Waals surface area contributed by atoms with E-state index >= 15 is 0 Å². The first-order valence-corrected chi connectivity index (χ1v) is 6.55. The van der Waals surface area contributed by atoms with Crippen LogP contribution in [0.1, 0.15) is 25.2 Å². The summed E-state index contributed by atoms with van der Waals surface area (Å²) in [5.74, 6) is 0.106. The van der Waals surface area contributed by atoms with Crippen molar-refractivity contribution >= 4 is 22.6 Å². The number of carbonyl (C=O) groups excluding carboxylic acids is 1. The summed E-state index contributed by atoms with van der Waals surface area (Å²) < 4.78 is 16.9. The molecule has 1 N–H and O–H groups in total. The Bertz CT molecular complexity index is 592. The monoisotopic (exact) mass is 279 g/mol. The van der Waals surface area contributed by atoms with Crippen LogP contribution in [0.3, 0.4) is 0 Å². The van der Waals surface area contributed by atoms with E-state index in [9.17, 15) is 9.18 Å². The van der Waals surface area contributed by atoms with E-state index in [0.717, 1.165) is 17.1 Å². The molecular weight excluding hydrogens is 265 g/mol. The van der Waals surface area contributed by atoms with E-state index < -0.39 is 5.41 Å². The van der Waals surface area contributed by atoms with E-state index in [1.165, 1.54) is 12.1 Å². The number of halogens is 1. The molecule has 2 rings (SSSR count). The lowest BCUT2D eigenvalue weighted by molar-refractivity contribution is -0.120. The van der Waals surface area contributed by atoms with Gasteiger partial charge in [0.05, 0.1) is 5.41 Å². The first-order chi connectivity index (χ1) is 8.89. The van der Waals surface area contributed by atoms with E-state index in [2.05, 4.69) is 14.7 Å². The highest BCUT2D eigenvalue weighted by molar-refractivity contribution is 7.09. The average Bonchev–Trinajstić information content (AvgIpc) is 2.75. The van der Waals surface area contributed by atoms with E-state index in [1.54, 1.807) is 32.9 Å². The standard InChI is InChI=1S/C13H14FN3OS/c1-8-15-12(19-17-8)16-11(18)13(2,3)9-4-6-10(14)7-5-9/h4-7H,1-3H3,(H,15,16,17,18). The predicted molar refractivity (Wildman–Crippen MR) is 72.7 cm³/mol. The Labute approximate surface area is 114 Å². The molecule has 0 fully saturated rings. The third-order valence-corrected chi connectivity index (χ3v) is 3.60. The van der Waals surface area contributed by atoms with Crippen molar-refractivity contribution < 1.29 is 9.18 Å². The Morgan fingerprint density at radius 1 is 1.32 bits per heavy atom. The van der Waals surface area contributed by atoms with Crippen LogP contribution >= 0.6 is 11.5 Å². The van der Waals surface area contributed by atoms with Gasteiger partial charge in [-0.1, -0.05) is 12.1 Å². The van der Waals surface area contributed by atoms with E-state index in [1.807, 2.05) is 0 Å². The lowest BCUT2D eigenvalue weighted by Gasteiger charge is -2.23. The second-order valence-corrected chi connectivity index (χ2v) is 5.48. The first-order valence-electron chi connectivity index (χ1n) is 5.77. The van der Waals surface area contributed by atoms with Crippen LogP contribution in [0.15, 0.2) is 24.3 Å². The molecule has 0 aliphatic rings. The number of hydrogen-bond donors (Lipinski definition) is 1. The van der Waals surface area contributed by atoms with Crippen LogP contribution in [0.25, 0.3) is 0 Å². The van der Waals surface area contributed by atoms with Crippen LogP contribution in [0.5, 0.6) is 0 Å². The van der Waals surface area contributed by atoms with E-state index in [-0.39, 0.29) is 11.7 Å². The zero-order valence-electron chi connectivity index (χ0n) is 10.9. The highest BCUT2D eigenvalue weighted by Gasteiger charge is 2.30. The molecule has 0 aliphatic heterocycles. The molecule has 0 saturated heterocycles. The van der Waals surface area contributed by atoms with Gasteiger partial charge in [-0.2, -0.15) is 4.37 Å². The minimum atomic E-state index is -0.771. The number of aryl methyl sites for hydroxylation is 1. The number of nitrogens with zero attached hydrogens (tertiary/aromatic N) is 2. The topological polar surface area (TPSA) is 54.9 Å². The predicted octanol–water partition coefficient (Wildman–Crippen LogP) is 2.90. The molecule has 19 heavy (non-hydrogen) atoms. The van der Waals surface area contributed by atoms with Gasteiger partial charge in [-0.25, -0.2) is 9.37 Å². The molecule has 1 heterocycles. The minimum Gasteiger partial charge on any atom is -0.300 e. The highest BCUT2D eigenvalue weighted by atomic mass is 32.1. The third kappa shape index (κ3) is 2.96. The summed E-state index contributed by atoms with van der Waals surface area (Å²) in [6.45, 7) is 5.32. The van der Waals surface area contributed by atoms with Crippen LogP contribution in [-0.2, 0) is 10.2 Å². The number of carbonyl (C=O) groups is 1. The second kappa shape index (κ2) is 5.05. The van der Waals surface area contributed by atoms with Crippen LogP contribution in [0, 0.1) is 12.7 Å². The van der Waals surface area contributed by atoms with Crippen molar-refractivity contribution in [2.45, 2.75) is 26.2 Å². The number of hydrogen-bond acceptors (Lipinski definition) is 4. The molecule has 100 valence electrons. The molecule has 4 nitrogen and oxygen atoms in total. The summed E-state index contributed by atoms with van der Waals surface area (Å²) in [4.78, 5) is 16.4. The molecule has 1 amide bonds. The van der Waals surface area contributed by atoms with Crippen molar-refractivity contribution in [2.24, 2.45) is 0 Å². The Balaban J connectivity index is 2.19. The fourth-order valence-corrected chi connectivity index (χ4v) is 2.17. The fourth-order valence-electron chi connectivity index (χ4n) is 1.60. The lowest BCUT2D eigenvalue weighted by Crippen LogP contribution is -2.34. The molecule has 1 aromatic carbocycles. The Morgan fingerprint density at radius 2 is 1.95 bits per heavy atom. The number of rotatable bonds is 3. The van der Waals surface area contributed by atoms with Crippen LogP contribution < -0.4 is 5.32 Å². The van der Waals surface area contributed by atoms with Gasteiger partial charge in [-0.15, -0.1) is 0 Å². The number of benzene rings is 1. The van der Waals surface area contributed by atoms with Gasteiger partial charge in [0.2, 0.25) is 11.0 Å². The van der Waals surface area contributed by atoms with Crippen molar-refractivity contribution in [1.29, 1.82) is 0 Å². The van der Waals surface area contributed by atoms with Crippen molar-refractivity contribution in [3.63, 3.8) is 0 Å². The maximum Gasteiger partial charge on any atom is 0.236 e. The summed E-state index contributed by atoms with van der Waals surface area (Å²) in [6.07, 6.45) is 0. The highest BCUT2D eigenvalue weighted by Crippen LogP contribution is 2.25. The molecule has 2 aromatic rings. The van der Waals surface area contributed by atoms with Gasteiger partial charge in [0, 0.05) is 11.5 Å². The maximum absolute atomic E-state index is 12.9. The van der Waals surface area contributed by atoms with Crippen LogP contribution in [0.4, 0.5) is 9.52 Å². The molecule has 1 aromatic heterocycles. The Kier molecular flexibility index (Phi) is 3.61. The molecule has 0 radical (unpaired) electrons. The molecule has 0 bridgehead atoms. The van der Waals surface area contributed by atoms with Gasteiger partial charge in [-0.05, 0) is 38.5 Å². The normalized spacial score (nSPS) is 11.4. The molecular formula is C13H14FN3OS. The maximum atomic E-state index is 12.9. The quantitative estimate of drug-likeness (QED) is 0.940. The van der Waals surface area contributed by atoms with Gasteiger partial charge < -0.3 is 0 Å².